The molecule has 0 heterocycles. The van der Waals surface area contributed by atoms with Crippen LogP contribution in [-0.2, 0) is 5.41 Å². The molecule has 2 aliphatic rings. The average molecular weight is 251 g/mol. The lowest BCUT2D eigenvalue weighted by atomic mass is 9.58. The number of hydrogen-bond acceptors (Lipinski definition) is 0. The topological polar surface area (TPSA) is 0 Å². The van der Waals surface area contributed by atoms with Crippen molar-refractivity contribution in [2.45, 2.75) is 38.0 Å². The Balaban J connectivity index is 1.88. The second kappa shape index (κ2) is 2.63. The molecule has 1 aromatic carbocycles. The van der Waals surface area contributed by atoms with Gasteiger partial charge in [0.1, 0.15) is 0 Å². The van der Waals surface area contributed by atoms with E-state index < -0.39 is 0 Å². The van der Waals surface area contributed by atoms with E-state index in [1.54, 1.807) is 0 Å². The molecule has 0 nitrogen and oxygen atoms in total. The van der Waals surface area contributed by atoms with E-state index in [4.69, 9.17) is 0 Å². The number of benzene rings is 1. The van der Waals surface area contributed by atoms with Gasteiger partial charge in [0, 0.05) is 4.47 Å². The minimum atomic E-state index is 0.472. The van der Waals surface area contributed by atoms with Gasteiger partial charge >= 0.3 is 0 Å². The Hall–Kier alpha value is -0.300. The largest absolute Gasteiger partial charge is 0.0609 e. The maximum Gasteiger partial charge on any atom is 0.0178 e. The first-order valence-corrected chi connectivity index (χ1v) is 6.17. The van der Waals surface area contributed by atoms with Crippen LogP contribution in [0.25, 0.3) is 0 Å². The zero-order valence-corrected chi connectivity index (χ0v) is 10.1. The minimum Gasteiger partial charge on any atom is -0.0609 e. The minimum absolute atomic E-state index is 0.472. The van der Waals surface area contributed by atoms with Gasteiger partial charge in [0.15, 0.2) is 0 Å². The fourth-order valence-electron chi connectivity index (χ4n) is 3.20. The molecule has 0 N–H and O–H groups in total. The van der Waals surface area contributed by atoms with E-state index in [1.807, 2.05) is 0 Å². The molecule has 2 aliphatic carbocycles. The van der Waals surface area contributed by atoms with Gasteiger partial charge in [-0.25, -0.2) is 0 Å². The van der Waals surface area contributed by atoms with Crippen molar-refractivity contribution in [1.82, 2.24) is 0 Å². The van der Waals surface area contributed by atoms with E-state index in [0.717, 1.165) is 5.41 Å². The van der Waals surface area contributed by atoms with E-state index in [9.17, 15) is 0 Å². The van der Waals surface area contributed by atoms with Gasteiger partial charge in [-0.3, -0.25) is 0 Å². The van der Waals surface area contributed by atoms with E-state index in [0.29, 0.717) is 5.41 Å². The Bertz CT molecular complexity index is 369. The summed E-state index contributed by atoms with van der Waals surface area (Å²) in [4.78, 5) is 0. The summed E-state index contributed by atoms with van der Waals surface area (Å²) in [7, 11) is 0. The lowest BCUT2D eigenvalue weighted by molar-refractivity contribution is 0.137. The Morgan fingerprint density at radius 3 is 2.50 bits per heavy atom. The van der Waals surface area contributed by atoms with Gasteiger partial charge < -0.3 is 0 Å². The van der Waals surface area contributed by atoms with Crippen LogP contribution in [0.3, 0.4) is 0 Å². The average Bonchev–Trinajstić information content (AvgIpc) is 2.84. The molecule has 1 aromatic rings. The van der Waals surface area contributed by atoms with Crippen LogP contribution in [0.1, 0.15) is 38.2 Å². The van der Waals surface area contributed by atoms with E-state index in [-0.39, 0.29) is 0 Å². The SMILES string of the molecule is CC1(c2cccc(Br)c2)CC2(CC2)C1. The van der Waals surface area contributed by atoms with Gasteiger partial charge in [-0.2, -0.15) is 0 Å². The number of hydrogen-bond donors (Lipinski definition) is 0. The monoisotopic (exact) mass is 250 g/mol. The van der Waals surface area contributed by atoms with E-state index in [1.165, 1.54) is 35.7 Å². The molecule has 1 heteroatoms. The van der Waals surface area contributed by atoms with Crippen LogP contribution in [0.5, 0.6) is 0 Å². The first-order chi connectivity index (χ1) is 6.62. The highest BCUT2D eigenvalue weighted by atomic mass is 79.9. The lowest BCUT2D eigenvalue weighted by Gasteiger charge is -2.47. The molecular formula is C13H15Br. The third kappa shape index (κ3) is 1.25. The van der Waals surface area contributed by atoms with Gasteiger partial charge in [-0.15, -0.1) is 0 Å². The van der Waals surface area contributed by atoms with Crippen molar-refractivity contribution in [3.63, 3.8) is 0 Å². The van der Waals surface area contributed by atoms with Crippen LogP contribution in [0.4, 0.5) is 0 Å². The molecule has 0 aromatic heterocycles. The molecule has 0 atom stereocenters. The first kappa shape index (κ1) is 8.96. The quantitative estimate of drug-likeness (QED) is 0.698. The first-order valence-electron chi connectivity index (χ1n) is 5.38. The maximum absolute atomic E-state index is 3.55. The highest BCUT2D eigenvalue weighted by Crippen LogP contribution is 2.68. The zero-order valence-electron chi connectivity index (χ0n) is 8.52. The molecular weight excluding hydrogens is 236 g/mol. The lowest BCUT2D eigenvalue weighted by Crippen LogP contribution is -2.39. The second-order valence-electron chi connectivity index (χ2n) is 5.42. The van der Waals surface area contributed by atoms with Crippen LogP contribution in [-0.4, -0.2) is 0 Å². The Labute approximate surface area is 93.8 Å². The summed E-state index contributed by atoms with van der Waals surface area (Å²) >= 11 is 3.55. The van der Waals surface area contributed by atoms with Gasteiger partial charge in [0.25, 0.3) is 0 Å². The second-order valence-corrected chi connectivity index (χ2v) is 6.34. The molecule has 2 fully saturated rings. The smallest absolute Gasteiger partial charge is 0.0178 e. The summed E-state index contributed by atoms with van der Waals surface area (Å²) in [5.74, 6) is 0. The van der Waals surface area contributed by atoms with Gasteiger partial charge in [-0.1, -0.05) is 35.0 Å². The fraction of sp³-hybridized carbons (Fsp3) is 0.538. The van der Waals surface area contributed by atoms with Crippen molar-refractivity contribution in [3.05, 3.63) is 34.3 Å². The fourth-order valence-corrected chi connectivity index (χ4v) is 3.60. The summed E-state index contributed by atoms with van der Waals surface area (Å²) in [5.41, 5.74) is 2.78. The van der Waals surface area contributed by atoms with Gasteiger partial charge in [0.05, 0.1) is 0 Å². The Morgan fingerprint density at radius 2 is 1.93 bits per heavy atom. The molecule has 74 valence electrons. The third-order valence-electron chi connectivity index (χ3n) is 4.01. The highest BCUT2D eigenvalue weighted by molar-refractivity contribution is 9.10. The number of halogens is 1. The van der Waals surface area contributed by atoms with Crippen molar-refractivity contribution in [2.75, 3.05) is 0 Å². The van der Waals surface area contributed by atoms with Crippen LogP contribution in [0.2, 0.25) is 0 Å². The zero-order chi connectivity index (χ0) is 9.81. The molecule has 3 rings (SSSR count). The van der Waals surface area contributed by atoms with Crippen molar-refractivity contribution < 1.29 is 0 Å². The van der Waals surface area contributed by atoms with Crippen molar-refractivity contribution in [3.8, 4) is 0 Å². The maximum atomic E-state index is 3.55. The molecule has 2 saturated carbocycles. The van der Waals surface area contributed by atoms with Crippen LogP contribution < -0.4 is 0 Å². The summed E-state index contributed by atoms with van der Waals surface area (Å²) < 4.78 is 1.22. The highest BCUT2D eigenvalue weighted by Gasteiger charge is 2.58. The van der Waals surface area contributed by atoms with Crippen molar-refractivity contribution in [1.29, 1.82) is 0 Å². The third-order valence-corrected chi connectivity index (χ3v) is 4.50. The van der Waals surface area contributed by atoms with Crippen molar-refractivity contribution in [2.24, 2.45) is 5.41 Å². The van der Waals surface area contributed by atoms with Crippen LogP contribution >= 0.6 is 15.9 Å². The molecule has 0 aliphatic heterocycles. The molecule has 0 bridgehead atoms. The number of rotatable bonds is 1. The molecule has 1 spiro atoms. The molecule has 0 amide bonds. The predicted molar refractivity (Wildman–Crippen MR) is 62.4 cm³/mol. The summed E-state index contributed by atoms with van der Waals surface area (Å²) in [6.07, 6.45) is 5.79. The van der Waals surface area contributed by atoms with E-state index >= 15 is 0 Å². The van der Waals surface area contributed by atoms with Crippen LogP contribution in [0.15, 0.2) is 28.7 Å². The standard InChI is InChI=1S/C13H15Br/c1-12(8-13(9-12)5-6-13)10-3-2-4-11(14)7-10/h2-4,7H,5-6,8-9H2,1H3. The van der Waals surface area contributed by atoms with Gasteiger partial charge in [-0.05, 0) is 54.2 Å². The summed E-state index contributed by atoms with van der Waals surface area (Å²) in [6, 6.07) is 8.83. The molecule has 14 heavy (non-hydrogen) atoms. The van der Waals surface area contributed by atoms with Gasteiger partial charge in [0.2, 0.25) is 0 Å². The molecule has 0 radical (unpaired) electrons. The Morgan fingerprint density at radius 1 is 1.21 bits per heavy atom. The molecule has 0 unspecified atom stereocenters. The summed E-state index contributed by atoms with van der Waals surface area (Å²) in [5, 5.41) is 0. The van der Waals surface area contributed by atoms with E-state index in [2.05, 4.69) is 47.1 Å². The predicted octanol–water partition coefficient (Wildman–Crippen LogP) is 4.28. The van der Waals surface area contributed by atoms with Crippen molar-refractivity contribution >= 4 is 15.9 Å². The van der Waals surface area contributed by atoms with Crippen LogP contribution in [0, 0.1) is 5.41 Å². The normalized spacial score (nSPS) is 25.9. The summed E-state index contributed by atoms with van der Waals surface area (Å²) in [6.45, 7) is 2.42. The molecule has 0 saturated heterocycles. The Kier molecular flexibility index (Phi) is 1.69.